The van der Waals surface area contributed by atoms with E-state index in [0.29, 0.717) is 24.1 Å². The quantitative estimate of drug-likeness (QED) is 0.896. The van der Waals surface area contributed by atoms with Gasteiger partial charge in [-0.05, 0) is 42.3 Å². The van der Waals surface area contributed by atoms with E-state index in [1.807, 2.05) is 12.1 Å². The molecule has 0 atom stereocenters. The maximum absolute atomic E-state index is 12.0. The zero-order valence-electron chi connectivity index (χ0n) is 11.1. The zero-order chi connectivity index (χ0) is 13.9. The third-order valence-corrected chi connectivity index (χ3v) is 3.18. The van der Waals surface area contributed by atoms with Crippen molar-refractivity contribution in [2.75, 3.05) is 10.6 Å². The van der Waals surface area contributed by atoms with E-state index in [0.717, 1.165) is 11.3 Å². The van der Waals surface area contributed by atoms with Crippen LogP contribution in [0.25, 0.3) is 0 Å². The van der Waals surface area contributed by atoms with Crippen molar-refractivity contribution < 1.29 is 9.59 Å². The fourth-order valence-corrected chi connectivity index (χ4v) is 2.16. The lowest BCUT2D eigenvalue weighted by molar-refractivity contribution is -0.116. The van der Waals surface area contributed by atoms with Gasteiger partial charge in [-0.3, -0.25) is 14.6 Å². The van der Waals surface area contributed by atoms with E-state index in [9.17, 15) is 9.59 Å². The van der Waals surface area contributed by atoms with Crippen molar-refractivity contribution in [3.05, 3.63) is 53.9 Å². The molecular weight excluding hydrogens is 290 g/mol. The summed E-state index contributed by atoms with van der Waals surface area (Å²) in [6, 6.07) is 8.91. The minimum atomic E-state index is -0.196. The smallest absolute Gasteiger partial charge is 0.257 e. The van der Waals surface area contributed by atoms with Crippen LogP contribution in [-0.2, 0) is 11.2 Å². The molecule has 0 fully saturated rings. The molecule has 1 aliphatic heterocycles. The number of nitrogens with zero attached hydrogens (tertiary/aromatic N) is 1. The van der Waals surface area contributed by atoms with Crippen LogP contribution in [0, 0.1) is 0 Å². The maximum atomic E-state index is 12.0. The number of fused-ring (bicyclic) bond motifs is 1. The van der Waals surface area contributed by atoms with Gasteiger partial charge in [0, 0.05) is 30.2 Å². The van der Waals surface area contributed by atoms with Gasteiger partial charge in [0.05, 0.1) is 5.56 Å². The van der Waals surface area contributed by atoms with Crippen molar-refractivity contribution in [3.63, 3.8) is 0 Å². The molecule has 3 rings (SSSR count). The first kappa shape index (κ1) is 15.0. The number of aryl methyl sites for hydroxylation is 1. The second kappa shape index (κ2) is 6.37. The number of pyridine rings is 1. The highest BCUT2D eigenvalue weighted by Gasteiger charge is 2.15. The molecule has 2 amide bonds. The molecule has 2 aromatic rings. The second-order valence-electron chi connectivity index (χ2n) is 4.62. The van der Waals surface area contributed by atoms with Gasteiger partial charge < -0.3 is 10.6 Å². The first-order valence-corrected chi connectivity index (χ1v) is 6.36. The minimum Gasteiger partial charge on any atom is -0.326 e. The number of carbonyl (C=O) groups is 2. The van der Waals surface area contributed by atoms with Crippen LogP contribution in [0.2, 0.25) is 0 Å². The average Bonchev–Trinajstić information content (AvgIpc) is 2.48. The van der Waals surface area contributed by atoms with Gasteiger partial charge in [0.25, 0.3) is 5.91 Å². The Morgan fingerprint density at radius 1 is 1.24 bits per heavy atom. The van der Waals surface area contributed by atoms with E-state index < -0.39 is 0 Å². The van der Waals surface area contributed by atoms with Crippen molar-refractivity contribution >= 4 is 35.6 Å². The molecule has 1 aromatic carbocycles. The monoisotopic (exact) mass is 303 g/mol. The van der Waals surface area contributed by atoms with Crippen LogP contribution in [0.15, 0.2) is 42.7 Å². The maximum Gasteiger partial charge on any atom is 0.257 e. The number of nitrogens with one attached hydrogen (secondary N) is 2. The highest BCUT2D eigenvalue weighted by atomic mass is 35.5. The second-order valence-corrected chi connectivity index (χ2v) is 4.62. The lowest BCUT2D eigenvalue weighted by atomic mass is 10.0. The summed E-state index contributed by atoms with van der Waals surface area (Å²) in [5, 5.41) is 5.64. The minimum absolute atomic E-state index is 0. The number of halogens is 1. The molecule has 0 spiro atoms. The summed E-state index contributed by atoms with van der Waals surface area (Å²) in [7, 11) is 0. The van der Waals surface area contributed by atoms with Crippen molar-refractivity contribution in [1.82, 2.24) is 4.98 Å². The number of anilines is 2. The number of aromatic nitrogens is 1. The summed E-state index contributed by atoms with van der Waals surface area (Å²) in [6.07, 6.45) is 4.32. The van der Waals surface area contributed by atoms with Gasteiger partial charge in [-0.1, -0.05) is 0 Å². The third-order valence-electron chi connectivity index (χ3n) is 3.18. The molecule has 21 heavy (non-hydrogen) atoms. The van der Waals surface area contributed by atoms with Crippen molar-refractivity contribution in [3.8, 4) is 0 Å². The Labute approximate surface area is 128 Å². The molecular formula is C15H14ClN3O2. The number of rotatable bonds is 2. The molecule has 2 heterocycles. The molecule has 2 N–H and O–H groups in total. The fraction of sp³-hybridized carbons (Fsp3) is 0.133. The van der Waals surface area contributed by atoms with E-state index >= 15 is 0 Å². The molecule has 108 valence electrons. The highest BCUT2D eigenvalue weighted by molar-refractivity contribution is 6.04. The van der Waals surface area contributed by atoms with Gasteiger partial charge in [0.15, 0.2) is 0 Å². The number of hydrogen-bond donors (Lipinski definition) is 2. The summed E-state index contributed by atoms with van der Waals surface area (Å²) in [5.74, 6) is -0.164. The summed E-state index contributed by atoms with van der Waals surface area (Å²) in [5.41, 5.74) is 3.08. The molecule has 0 unspecified atom stereocenters. The van der Waals surface area contributed by atoms with Crippen LogP contribution in [0.4, 0.5) is 11.4 Å². The SMILES string of the molecule is Cl.O=C1CCc2cc(NC(=O)c3cccnc3)ccc2N1. The largest absolute Gasteiger partial charge is 0.326 e. The number of hydrogen-bond acceptors (Lipinski definition) is 3. The Balaban J connectivity index is 0.00000161. The lowest BCUT2D eigenvalue weighted by Gasteiger charge is -2.17. The summed E-state index contributed by atoms with van der Waals surface area (Å²) >= 11 is 0. The molecule has 1 aromatic heterocycles. The molecule has 0 radical (unpaired) electrons. The number of amides is 2. The van der Waals surface area contributed by atoms with Gasteiger partial charge in [0.2, 0.25) is 5.91 Å². The van der Waals surface area contributed by atoms with Gasteiger partial charge in [0.1, 0.15) is 0 Å². The van der Waals surface area contributed by atoms with E-state index in [4.69, 9.17) is 0 Å². The van der Waals surface area contributed by atoms with Crippen LogP contribution in [0.3, 0.4) is 0 Å². The molecule has 6 heteroatoms. The molecule has 0 saturated heterocycles. The Morgan fingerprint density at radius 3 is 2.86 bits per heavy atom. The molecule has 0 aliphatic carbocycles. The van der Waals surface area contributed by atoms with E-state index in [-0.39, 0.29) is 24.2 Å². The van der Waals surface area contributed by atoms with Crippen LogP contribution in [0.1, 0.15) is 22.3 Å². The molecule has 0 saturated carbocycles. The Morgan fingerprint density at radius 2 is 2.10 bits per heavy atom. The predicted molar refractivity (Wildman–Crippen MR) is 82.8 cm³/mol. The standard InChI is InChI=1S/C15H13N3O2.ClH/c19-14-6-3-10-8-12(4-5-13(10)18-14)17-15(20)11-2-1-7-16-9-11;/h1-2,4-5,7-9H,3,6H2,(H,17,20)(H,18,19);1H. The normalized spacial score (nSPS) is 12.7. The Bertz CT molecular complexity index is 674. The van der Waals surface area contributed by atoms with Crippen LogP contribution >= 0.6 is 12.4 Å². The molecule has 0 bridgehead atoms. The van der Waals surface area contributed by atoms with Gasteiger partial charge >= 0.3 is 0 Å². The van der Waals surface area contributed by atoms with Crippen LogP contribution < -0.4 is 10.6 Å². The van der Waals surface area contributed by atoms with Crippen LogP contribution in [-0.4, -0.2) is 16.8 Å². The lowest BCUT2D eigenvalue weighted by Crippen LogP contribution is -2.19. The first-order valence-electron chi connectivity index (χ1n) is 6.36. The third kappa shape index (κ3) is 3.38. The van der Waals surface area contributed by atoms with Gasteiger partial charge in [-0.2, -0.15) is 0 Å². The van der Waals surface area contributed by atoms with E-state index in [1.54, 1.807) is 24.4 Å². The van der Waals surface area contributed by atoms with Crippen LogP contribution in [0.5, 0.6) is 0 Å². The molecule has 1 aliphatic rings. The average molecular weight is 304 g/mol. The number of carbonyl (C=O) groups excluding carboxylic acids is 2. The summed E-state index contributed by atoms with van der Waals surface area (Å²) in [6.45, 7) is 0. The van der Waals surface area contributed by atoms with Crippen molar-refractivity contribution in [2.45, 2.75) is 12.8 Å². The predicted octanol–water partition coefficient (Wildman–Crippen LogP) is 2.64. The van der Waals surface area contributed by atoms with Gasteiger partial charge in [-0.15, -0.1) is 12.4 Å². The zero-order valence-corrected chi connectivity index (χ0v) is 11.9. The van der Waals surface area contributed by atoms with Gasteiger partial charge in [-0.25, -0.2) is 0 Å². The first-order chi connectivity index (χ1) is 9.72. The highest BCUT2D eigenvalue weighted by Crippen LogP contribution is 2.25. The van der Waals surface area contributed by atoms with E-state index in [1.165, 1.54) is 6.20 Å². The topological polar surface area (TPSA) is 71.1 Å². The number of benzene rings is 1. The molecule has 5 nitrogen and oxygen atoms in total. The Hall–Kier alpha value is -2.40. The summed E-state index contributed by atoms with van der Waals surface area (Å²) < 4.78 is 0. The van der Waals surface area contributed by atoms with Crippen molar-refractivity contribution in [1.29, 1.82) is 0 Å². The Kier molecular flexibility index (Phi) is 4.55. The summed E-state index contributed by atoms with van der Waals surface area (Å²) in [4.78, 5) is 27.2. The van der Waals surface area contributed by atoms with Crippen molar-refractivity contribution in [2.24, 2.45) is 0 Å². The fourth-order valence-electron chi connectivity index (χ4n) is 2.16. The van der Waals surface area contributed by atoms with E-state index in [2.05, 4.69) is 15.6 Å².